The number of benzene rings is 2. The quantitative estimate of drug-likeness (QED) is 0.226. The average molecular weight is 449 g/mol. The van der Waals surface area contributed by atoms with Gasteiger partial charge in [-0.05, 0) is 12.1 Å². The standard InChI is InChI=1S/C22H28N4O4.ClH/c27-13-11-23-7-9-25-17-5-1-3-15-19(17)22(30)16-4-2-6-18(20(16)21(15)29)26-10-8-24-12-14-28;/h1-6,23-28H,7-14H2;1H. The van der Waals surface area contributed by atoms with Gasteiger partial charge in [0, 0.05) is 61.8 Å². The molecule has 0 heterocycles. The Morgan fingerprint density at radius 1 is 0.613 bits per heavy atom. The molecule has 8 nitrogen and oxygen atoms in total. The highest BCUT2D eigenvalue weighted by Crippen LogP contribution is 2.35. The zero-order chi connectivity index (χ0) is 21.3. The van der Waals surface area contributed by atoms with Gasteiger partial charge in [0.2, 0.25) is 0 Å². The van der Waals surface area contributed by atoms with Crippen molar-refractivity contribution in [3.05, 3.63) is 58.7 Å². The van der Waals surface area contributed by atoms with Crippen molar-refractivity contribution in [2.45, 2.75) is 0 Å². The van der Waals surface area contributed by atoms with E-state index in [1.54, 1.807) is 36.4 Å². The fraction of sp³-hybridized carbons (Fsp3) is 0.364. The second-order valence-electron chi connectivity index (χ2n) is 6.92. The lowest BCUT2D eigenvalue weighted by atomic mass is 9.82. The minimum absolute atomic E-state index is 0. The molecule has 1 aliphatic rings. The van der Waals surface area contributed by atoms with E-state index < -0.39 is 0 Å². The number of halogens is 1. The number of carbonyl (C=O) groups is 2. The van der Waals surface area contributed by atoms with E-state index in [1.807, 2.05) is 0 Å². The molecule has 9 heteroatoms. The van der Waals surface area contributed by atoms with Crippen LogP contribution in [-0.4, -0.2) is 74.3 Å². The van der Waals surface area contributed by atoms with Crippen molar-refractivity contribution in [2.75, 3.05) is 63.1 Å². The highest BCUT2D eigenvalue weighted by molar-refractivity contribution is 6.31. The Balaban J connectivity index is 0.00000341. The number of aliphatic hydroxyl groups is 2. The third-order valence-corrected chi connectivity index (χ3v) is 4.88. The first-order valence-corrected chi connectivity index (χ1v) is 10.2. The van der Waals surface area contributed by atoms with Crippen molar-refractivity contribution in [1.29, 1.82) is 0 Å². The zero-order valence-corrected chi connectivity index (χ0v) is 18.1. The van der Waals surface area contributed by atoms with Crippen LogP contribution in [0.5, 0.6) is 0 Å². The summed E-state index contributed by atoms with van der Waals surface area (Å²) in [5, 5.41) is 30.2. The van der Waals surface area contributed by atoms with Crippen LogP contribution in [0.1, 0.15) is 31.8 Å². The predicted octanol–water partition coefficient (Wildman–Crippen LogP) is 0.871. The van der Waals surface area contributed by atoms with E-state index in [0.717, 1.165) is 0 Å². The van der Waals surface area contributed by atoms with Crippen LogP contribution < -0.4 is 21.3 Å². The lowest BCUT2D eigenvalue weighted by Crippen LogP contribution is -2.28. The summed E-state index contributed by atoms with van der Waals surface area (Å²) < 4.78 is 0. The van der Waals surface area contributed by atoms with Gasteiger partial charge in [-0.3, -0.25) is 9.59 Å². The number of ketones is 2. The Bertz CT molecular complexity index is 834. The Labute approximate surface area is 187 Å². The maximum atomic E-state index is 13.3. The molecule has 0 atom stereocenters. The van der Waals surface area contributed by atoms with Crippen LogP contribution in [0.3, 0.4) is 0 Å². The number of nitrogens with one attached hydrogen (secondary N) is 4. The lowest BCUT2D eigenvalue weighted by molar-refractivity contribution is 0.0980. The van der Waals surface area contributed by atoms with Crippen molar-refractivity contribution >= 4 is 35.3 Å². The largest absolute Gasteiger partial charge is 0.395 e. The first kappa shape index (κ1) is 24.8. The van der Waals surface area contributed by atoms with Gasteiger partial charge in [0.05, 0.1) is 24.3 Å². The second-order valence-corrected chi connectivity index (χ2v) is 6.92. The van der Waals surface area contributed by atoms with Crippen LogP contribution in [0.25, 0.3) is 0 Å². The Morgan fingerprint density at radius 2 is 1.03 bits per heavy atom. The minimum Gasteiger partial charge on any atom is -0.395 e. The van der Waals surface area contributed by atoms with Crippen LogP contribution in [0.2, 0.25) is 0 Å². The highest BCUT2D eigenvalue weighted by Gasteiger charge is 2.33. The molecule has 0 aromatic heterocycles. The summed E-state index contributed by atoms with van der Waals surface area (Å²) in [5.74, 6) is -0.346. The molecule has 2 aromatic carbocycles. The number of hydrogen-bond acceptors (Lipinski definition) is 8. The molecular formula is C22H29ClN4O4. The summed E-state index contributed by atoms with van der Waals surface area (Å²) in [5.41, 5.74) is 2.86. The third-order valence-electron chi connectivity index (χ3n) is 4.88. The smallest absolute Gasteiger partial charge is 0.196 e. The molecule has 3 rings (SSSR count). The number of rotatable bonds is 12. The predicted molar refractivity (Wildman–Crippen MR) is 124 cm³/mol. The van der Waals surface area contributed by atoms with Crippen molar-refractivity contribution in [2.24, 2.45) is 0 Å². The van der Waals surface area contributed by atoms with Gasteiger partial charge in [0.15, 0.2) is 11.6 Å². The molecule has 31 heavy (non-hydrogen) atoms. The summed E-state index contributed by atoms with van der Waals surface area (Å²) in [6.07, 6.45) is 0. The first-order chi connectivity index (χ1) is 14.7. The van der Waals surface area contributed by atoms with Gasteiger partial charge in [-0.2, -0.15) is 0 Å². The van der Waals surface area contributed by atoms with Crippen LogP contribution >= 0.6 is 12.4 Å². The summed E-state index contributed by atoms with van der Waals surface area (Å²) in [6.45, 7) is 3.52. The van der Waals surface area contributed by atoms with E-state index in [4.69, 9.17) is 10.2 Å². The van der Waals surface area contributed by atoms with Crippen molar-refractivity contribution in [3.8, 4) is 0 Å². The van der Waals surface area contributed by atoms with E-state index in [9.17, 15) is 9.59 Å². The van der Waals surface area contributed by atoms with Crippen LogP contribution in [0.4, 0.5) is 11.4 Å². The second kappa shape index (κ2) is 12.4. The molecule has 2 aromatic rings. The maximum absolute atomic E-state index is 13.3. The Hall–Kier alpha value is -2.49. The normalized spacial score (nSPS) is 12.1. The molecular weight excluding hydrogens is 420 g/mol. The molecule has 0 bridgehead atoms. The Morgan fingerprint density at radius 3 is 1.42 bits per heavy atom. The van der Waals surface area contributed by atoms with Crippen molar-refractivity contribution < 1.29 is 19.8 Å². The van der Waals surface area contributed by atoms with Crippen molar-refractivity contribution in [1.82, 2.24) is 10.6 Å². The molecule has 6 N–H and O–H groups in total. The Kier molecular flexibility index (Phi) is 9.90. The van der Waals surface area contributed by atoms with Gasteiger partial charge in [-0.15, -0.1) is 12.4 Å². The van der Waals surface area contributed by atoms with Gasteiger partial charge in [-0.1, -0.05) is 24.3 Å². The lowest BCUT2D eigenvalue weighted by Gasteiger charge is -2.23. The molecule has 0 saturated carbocycles. The molecule has 0 amide bonds. The third kappa shape index (κ3) is 5.81. The monoisotopic (exact) mass is 448 g/mol. The van der Waals surface area contributed by atoms with Gasteiger partial charge < -0.3 is 31.5 Å². The van der Waals surface area contributed by atoms with Crippen LogP contribution in [0, 0.1) is 0 Å². The molecule has 0 spiro atoms. The van der Waals surface area contributed by atoms with Crippen LogP contribution in [-0.2, 0) is 0 Å². The SMILES string of the molecule is Cl.O=C1c2cccc(NCCNCCO)c2C(=O)c2cccc(NCCNCCO)c21. The summed E-state index contributed by atoms with van der Waals surface area (Å²) in [7, 11) is 0. The molecule has 1 aliphatic carbocycles. The van der Waals surface area contributed by atoms with Crippen molar-refractivity contribution in [3.63, 3.8) is 0 Å². The molecule has 0 unspecified atom stereocenters. The van der Waals surface area contributed by atoms with E-state index >= 15 is 0 Å². The molecule has 168 valence electrons. The number of anilines is 2. The zero-order valence-electron chi connectivity index (χ0n) is 17.2. The van der Waals surface area contributed by atoms with Gasteiger partial charge >= 0.3 is 0 Å². The number of fused-ring (bicyclic) bond motifs is 2. The molecule has 0 radical (unpaired) electrons. The highest BCUT2D eigenvalue weighted by atomic mass is 35.5. The molecule has 0 fully saturated rings. The van der Waals surface area contributed by atoms with Gasteiger partial charge in [-0.25, -0.2) is 0 Å². The first-order valence-electron chi connectivity index (χ1n) is 10.2. The van der Waals surface area contributed by atoms with E-state index in [2.05, 4.69) is 21.3 Å². The average Bonchev–Trinajstić information content (AvgIpc) is 2.77. The van der Waals surface area contributed by atoms with E-state index in [1.165, 1.54) is 0 Å². The van der Waals surface area contributed by atoms with Crippen LogP contribution in [0.15, 0.2) is 36.4 Å². The minimum atomic E-state index is -0.173. The maximum Gasteiger partial charge on any atom is 0.196 e. The summed E-state index contributed by atoms with van der Waals surface area (Å²) in [6, 6.07) is 10.5. The topological polar surface area (TPSA) is 123 Å². The van der Waals surface area contributed by atoms with Gasteiger partial charge in [0.25, 0.3) is 0 Å². The fourth-order valence-electron chi connectivity index (χ4n) is 3.52. The molecule has 0 saturated heterocycles. The number of aliphatic hydroxyl groups excluding tert-OH is 2. The number of carbonyl (C=O) groups excluding carboxylic acids is 2. The van der Waals surface area contributed by atoms with Gasteiger partial charge in [0.1, 0.15) is 0 Å². The summed E-state index contributed by atoms with van der Waals surface area (Å²) >= 11 is 0. The van der Waals surface area contributed by atoms with E-state index in [0.29, 0.717) is 72.9 Å². The number of hydrogen-bond donors (Lipinski definition) is 6. The van der Waals surface area contributed by atoms with E-state index in [-0.39, 0.29) is 37.2 Å². The summed E-state index contributed by atoms with van der Waals surface area (Å²) in [4.78, 5) is 26.5. The fourth-order valence-corrected chi connectivity index (χ4v) is 3.52. The molecule has 0 aliphatic heterocycles.